The molecule has 2 N–H and O–H groups in total. The zero-order valence-electron chi connectivity index (χ0n) is 10.4. The number of aryl methyl sites for hydroxylation is 2. The van der Waals surface area contributed by atoms with Gasteiger partial charge in [-0.3, -0.25) is 0 Å². The lowest BCUT2D eigenvalue weighted by Crippen LogP contribution is -2.09. The molecule has 0 fully saturated rings. The highest BCUT2D eigenvalue weighted by Crippen LogP contribution is 2.20. The van der Waals surface area contributed by atoms with E-state index in [4.69, 9.17) is 5.73 Å². The van der Waals surface area contributed by atoms with Crippen LogP contribution in [0.25, 0.3) is 0 Å². The summed E-state index contributed by atoms with van der Waals surface area (Å²) in [5, 5.41) is 0. The summed E-state index contributed by atoms with van der Waals surface area (Å²) < 4.78 is 6.42. The first-order chi connectivity index (χ1) is 8.54. The second-order valence-corrected chi connectivity index (χ2v) is 4.77. The number of hydrogen-bond donors (Lipinski definition) is 1. The standard InChI is InChI=1S/C11H14N4O2S/c1-6-8(18-5-13-6)4-15-7(2)14-9(10(15)12)11(16)17-3/h5H,4,12H2,1-3H3. The molecule has 0 aliphatic rings. The van der Waals surface area contributed by atoms with Gasteiger partial charge in [0.25, 0.3) is 0 Å². The van der Waals surface area contributed by atoms with Crippen LogP contribution in [0, 0.1) is 13.8 Å². The number of aromatic nitrogens is 3. The van der Waals surface area contributed by atoms with Crippen LogP contribution in [0.5, 0.6) is 0 Å². The number of carbonyl (C=O) groups is 1. The summed E-state index contributed by atoms with van der Waals surface area (Å²) in [7, 11) is 1.31. The highest BCUT2D eigenvalue weighted by molar-refractivity contribution is 7.09. The second kappa shape index (κ2) is 4.77. The smallest absolute Gasteiger partial charge is 0.360 e. The predicted octanol–water partition coefficient (Wildman–Crippen LogP) is 1.37. The van der Waals surface area contributed by atoms with Crippen molar-refractivity contribution in [2.45, 2.75) is 20.4 Å². The lowest BCUT2D eigenvalue weighted by atomic mass is 10.3. The summed E-state index contributed by atoms with van der Waals surface area (Å²) in [6.07, 6.45) is 0. The fourth-order valence-corrected chi connectivity index (χ4v) is 2.41. The van der Waals surface area contributed by atoms with Gasteiger partial charge >= 0.3 is 5.97 Å². The fourth-order valence-electron chi connectivity index (χ4n) is 1.65. The molecular weight excluding hydrogens is 252 g/mol. The van der Waals surface area contributed by atoms with Crippen LogP contribution < -0.4 is 5.73 Å². The minimum absolute atomic E-state index is 0.164. The maximum Gasteiger partial charge on any atom is 0.360 e. The van der Waals surface area contributed by atoms with Crippen LogP contribution in [0.2, 0.25) is 0 Å². The Labute approximate surface area is 108 Å². The quantitative estimate of drug-likeness (QED) is 0.848. The third-order valence-electron chi connectivity index (χ3n) is 2.72. The Kier molecular flexibility index (Phi) is 3.33. The van der Waals surface area contributed by atoms with Crippen LogP contribution in [0.15, 0.2) is 5.51 Å². The molecule has 2 rings (SSSR count). The Morgan fingerprint density at radius 1 is 1.56 bits per heavy atom. The summed E-state index contributed by atoms with van der Waals surface area (Å²) in [6.45, 7) is 4.31. The van der Waals surface area contributed by atoms with Crippen molar-refractivity contribution >= 4 is 23.1 Å². The normalized spacial score (nSPS) is 10.6. The van der Waals surface area contributed by atoms with E-state index in [-0.39, 0.29) is 5.69 Å². The molecule has 0 atom stereocenters. The monoisotopic (exact) mass is 266 g/mol. The molecule has 6 nitrogen and oxygen atoms in total. The Balaban J connectivity index is 2.37. The van der Waals surface area contributed by atoms with Crippen molar-refractivity contribution in [3.05, 3.63) is 27.6 Å². The molecule has 2 heterocycles. The molecule has 0 saturated heterocycles. The number of nitrogens with two attached hydrogens (primary N) is 1. The van der Waals surface area contributed by atoms with E-state index in [1.54, 1.807) is 28.3 Å². The van der Waals surface area contributed by atoms with Crippen molar-refractivity contribution in [2.24, 2.45) is 0 Å². The number of esters is 1. The minimum atomic E-state index is -0.518. The van der Waals surface area contributed by atoms with Gasteiger partial charge in [-0.25, -0.2) is 14.8 Å². The topological polar surface area (TPSA) is 83.0 Å². The molecule has 0 unspecified atom stereocenters. The number of carbonyl (C=O) groups excluding carboxylic acids is 1. The van der Waals surface area contributed by atoms with Gasteiger partial charge in [0.15, 0.2) is 5.69 Å². The van der Waals surface area contributed by atoms with Crippen LogP contribution in [-0.2, 0) is 11.3 Å². The Morgan fingerprint density at radius 2 is 2.28 bits per heavy atom. The van der Waals surface area contributed by atoms with Gasteiger partial charge in [0.05, 0.1) is 24.9 Å². The van der Waals surface area contributed by atoms with Gasteiger partial charge in [-0.2, -0.15) is 0 Å². The average Bonchev–Trinajstić information content (AvgIpc) is 2.87. The van der Waals surface area contributed by atoms with E-state index in [2.05, 4.69) is 14.7 Å². The van der Waals surface area contributed by atoms with Crippen molar-refractivity contribution in [2.75, 3.05) is 12.8 Å². The van der Waals surface area contributed by atoms with Crippen molar-refractivity contribution in [3.8, 4) is 0 Å². The Bertz CT molecular complexity index is 588. The molecular formula is C11H14N4O2S. The first-order valence-electron chi connectivity index (χ1n) is 5.34. The first kappa shape index (κ1) is 12.6. The van der Waals surface area contributed by atoms with E-state index < -0.39 is 5.97 Å². The fraction of sp³-hybridized carbons (Fsp3) is 0.364. The largest absolute Gasteiger partial charge is 0.464 e. The number of ether oxygens (including phenoxy) is 1. The number of nitrogens with zero attached hydrogens (tertiary/aromatic N) is 3. The maximum atomic E-state index is 11.5. The molecule has 96 valence electrons. The lowest BCUT2D eigenvalue weighted by molar-refractivity contribution is 0.0595. The molecule has 0 radical (unpaired) electrons. The van der Waals surface area contributed by atoms with Crippen LogP contribution >= 0.6 is 11.3 Å². The summed E-state index contributed by atoms with van der Waals surface area (Å²) in [6, 6.07) is 0. The van der Waals surface area contributed by atoms with Gasteiger partial charge in [-0.15, -0.1) is 11.3 Å². The zero-order valence-corrected chi connectivity index (χ0v) is 11.2. The van der Waals surface area contributed by atoms with Crippen molar-refractivity contribution in [1.29, 1.82) is 0 Å². The summed E-state index contributed by atoms with van der Waals surface area (Å²) in [4.78, 5) is 20.9. The lowest BCUT2D eigenvalue weighted by Gasteiger charge is -2.06. The molecule has 0 spiro atoms. The first-order valence-corrected chi connectivity index (χ1v) is 6.22. The molecule has 2 aromatic heterocycles. The average molecular weight is 266 g/mol. The third kappa shape index (κ3) is 2.08. The molecule has 0 aliphatic carbocycles. The van der Waals surface area contributed by atoms with Gasteiger partial charge in [0.1, 0.15) is 11.6 Å². The molecule has 0 aliphatic heterocycles. The highest BCUT2D eigenvalue weighted by Gasteiger charge is 2.19. The Hall–Kier alpha value is -1.89. The molecule has 0 aromatic carbocycles. The molecule has 0 amide bonds. The maximum absolute atomic E-state index is 11.5. The molecule has 0 bridgehead atoms. The molecule has 7 heteroatoms. The predicted molar refractivity (Wildman–Crippen MR) is 68.7 cm³/mol. The van der Waals surface area contributed by atoms with Crippen LogP contribution in [0.3, 0.4) is 0 Å². The second-order valence-electron chi connectivity index (χ2n) is 3.83. The molecule has 2 aromatic rings. The number of rotatable bonds is 3. The number of methoxy groups -OCH3 is 1. The van der Waals surface area contributed by atoms with Gasteiger partial charge < -0.3 is 15.0 Å². The SMILES string of the molecule is COC(=O)c1nc(C)n(Cc2scnc2C)c1N. The molecule has 18 heavy (non-hydrogen) atoms. The van der Waals surface area contributed by atoms with Crippen LogP contribution in [0.1, 0.15) is 26.9 Å². The van der Waals surface area contributed by atoms with Crippen molar-refractivity contribution < 1.29 is 9.53 Å². The third-order valence-corrected chi connectivity index (χ3v) is 3.64. The van der Waals surface area contributed by atoms with Gasteiger partial charge in [-0.1, -0.05) is 0 Å². The number of thiazole rings is 1. The number of imidazole rings is 1. The van der Waals surface area contributed by atoms with E-state index in [0.29, 0.717) is 18.2 Å². The van der Waals surface area contributed by atoms with E-state index in [1.165, 1.54) is 7.11 Å². The van der Waals surface area contributed by atoms with Crippen LogP contribution in [0.4, 0.5) is 5.82 Å². The van der Waals surface area contributed by atoms with E-state index >= 15 is 0 Å². The highest BCUT2D eigenvalue weighted by atomic mass is 32.1. The van der Waals surface area contributed by atoms with Gasteiger partial charge in [0, 0.05) is 4.88 Å². The number of nitrogen functional groups attached to an aromatic ring is 1. The van der Waals surface area contributed by atoms with E-state index in [1.807, 2.05) is 6.92 Å². The number of anilines is 1. The van der Waals surface area contributed by atoms with Crippen LogP contribution in [-0.4, -0.2) is 27.6 Å². The van der Waals surface area contributed by atoms with Gasteiger partial charge in [0.2, 0.25) is 0 Å². The summed E-state index contributed by atoms with van der Waals surface area (Å²) >= 11 is 1.55. The molecule has 0 saturated carbocycles. The number of hydrogen-bond acceptors (Lipinski definition) is 6. The van der Waals surface area contributed by atoms with E-state index in [0.717, 1.165) is 10.6 Å². The van der Waals surface area contributed by atoms with Crippen molar-refractivity contribution in [1.82, 2.24) is 14.5 Å². The van der Waals surface area contributed by atoms with Crippen molar-refractivity contribution in [3.63, 3.8) is 0 Å². The minimum Gasteiger partial charge on any atom is -0.464 e. The Morgan fingerprint density at radius 3 is 2.83 bits per heavy atom. The summed E-state index contributed by atoms with van der Waals surface area (Å²) in [5.74, 6) is 0.489. The zero-order chi connectivity index (χ0) is 13.3. The summed E-state index contributed by atoms with van der Waals surface area (Å²) in [5.41, 5.74) is 8.85. The van der Waals surface area contributed by atoms with Gasteiger partial charge in [-0.05, 0) is 13.8 Å². The van der Waals surface area contributed by atoms with E-state index in [9.17, 15) is 4.79 Å².